The Morgan fingerprint density at radius 2 is 1.93 bits per heavy atom. The molecule has 0 bridgehead atoms. The summed E-state index contributed by atoms with van der Waals surface area (Å²) >= 11 is 0. The van der Waals surface area contributed by atoms with E-state index in [0.717, 1.165) is 16.7 Å². The molecular weight excluding hydrogens is 342 g/mol. The molecule has 2 heterocycles. The second-order valence-electron chi connectivity index (χ2n) is 6.96. The first-order valence-electron chi connectivity index (χ1n) is 8.94. The van der Waals surface area contributed by atoms with Crippen LogP contribution in [0.5, 0.6) is 0 Å². The third kappa shape index (κ3) is 3.23. The van der Waals surface area contributed by atoms with Crippen LogP contribution in [-0.4, -0.2) is 39.4 Å². The Morgan fingerprint density at radius 3 is 2.70 bits per heavy atom. The molecular formula is C20H21N5O2. The van der Waals surface area contributed by atoms with Gasteiger partial charge in [0.25, 0.3) is 5.91 Å². The van der Waals surface area contributed by atoms with Crippen molar-refractivity contribution in [3.63, 3.8) is 0 Å². The van der Waals surface area contributed by atoms with Crippen LogP contribution < -0.4 is 10.6 Å². The Bertz CT molecular complexity index is 977. The quantitative estimate of drug-likeness (QED) is 0.664. The van der Waals surface area contributed by atoms with Crippen molar-refractivity contribution < 1.29 is 9.59 Å². The SMILES string of the molecule is CC(C)[C@@H]1Nc2ccccc2C(=O)N1CC(=O)Nc1nc2ccccc2[nH]1. The second-order valence-corrected chi connectivity index (χ2v) is 6.96. The summed E-state index contributed by atoms with van der Waals surface area (Å²) in [5, 5.41) is 6.12. The highest BCUT2D eigenvalue weighted by Crippen LogP contribution is 2.28. The Morgan fingerprint density at radius 1 is 1.19 bits per heavy atom. The number of nitrogens with zero attached hydrogens (tertiary/aromatic N) is 2. The minimum absolute atomic E-state index is 0.0555. The van der Waals surface area contributed by atoms with Gasteiger partial charge < -0.3 is 15.2 Å². The lowest BCUT2D eigenvalue weighted by Gasteiger charge is -2.39. The minimum Gasteiger partial charge on any atom is -0.364 e. The van der Waals surface area contributed by atoms with Crippen molar-refractivity contribution in [1.82, 2.24) is 14.9 Å². The number of benzene rings is 2. The smallest absolute Gasteiger partial charge is 0.258 e. The highest BCUT2D eigenvalue weighted by molar-refractivity contribution is 6.04. The summed E-state index contributed by atoms with van der Waals surface area (Å²) in [4.78, 5) is 34.5. The molecule has 1 aliphatic rings. The van der Waals surface area contributed by atoms with Gasteiger partial charge in [-0.1, -0.05) is 38.1 Å². The summed E-state index contributed by atoms with van der Waals surface area (Å²) in [6.07, 6.45) is -0.256. The van der Waals surface area contributed by atoms with Crippen molar-refractivity contribution in [3.05, 3.63) is 54.1 Å². The highest BCUT2D eigenvalue weighted by atomic mass is 16.2. The predicted octanol–water partition coefficient (Wildman–Crippen LogP) is 3.05. The molecule has 7 nitrogen and oxygen atoms in total. The molecule has 27 heavy (non-hydrogen) atoms. The van der Waals surface area contributed by atoms with Crippen molar-refractivity contribution >= 4 is 34.5 Å². The first-order chi connectivity index (χ1) is 13.0. The zero-order chi connectivity index (χ0) is 19.0. The molecule has 2 amide bonds. The number of nitrogens with one attached hydrogen (secondary N) is 3. The van der Waals surface area contributed by atoms with Crippen molar-refractivity contribution in [3.8, 4) is 0 Å². The van der Waals surface area contributed by atoms with E-state index in [1.165, 1.54) is 0 Å². The zero-order valence-corrected chi connectivity index (χ0v) is 15.2. The van der Waals surface area contributed by atoms with Crippen molar-refractivity contribution in [2.45, 2.75) is 20.0 Å². The molecule has 0 saturated carbocycles. The molecule has 3 N–H and O–H groups in total. The lowest BCUT2D eigenvalue weighted by atomic mass is 10.0. The molecule has 2 aromatic carbocycles. The molecule has 0 spiro atoms. The van der Waals surface area contributed by atoms with Gasteiger partial charge in [-0.2, -0.15) is 0 Å². The van der Waals surface area contributed by atoms with E-state index in [2.05, 4.69) is 20.6 Å². The van der Waals surface area contributed by atoms with Gasteiger partial charge in [-0.15, -0.1) is 0 Å². The molecule has 0 radical (unpaired) electrons. The van der Waals surface area contributed by atoms with Crippen LogP contribution in [0.1, 0.15) is 24.2 Å². The molecule has 0 aliphatic carbocycles. The summed E-state index contributed by atoms with van der Waals surface area (Å²) in [5.41, 5.74) is 3.00. The molecule has 4 rings (SSSR count). The third-order valence-corrected chi connectivity index (χ3v) is 4.65. The topological polar surface area (TPSA) is 90.1 Å². The molecule has 0 fully saturated rings. The minimum atomic E-state index is -0.297. The number of hydrogen-bond acceptors (Lipinski definition) is 4. The monoisotopic (exact) mass is 363 g/mol. The van der Waals surface area contributed by atoms with Gasteiger partial charge in [0, 0.05) is 5.69 Å². The van der Waals surface area contributed by atoms with Crippen LogP contribution in [0.3, 0.4) is 0 Å². The van der Waals surface area contributed by atoms with Crippen LogP contribution >= 0.6 is 0 Å². The fourth-order valence-corrected chi connectivity index (χ4v) is 3.35. The number of carbonyl (C=O) groups excluding carboxylic acids is 2. The first kappa shape index (κ1) is 17.1. The van der Waals surface area contributed by atoms with Crippen molar-refractivity contribution in [2.75, 3.05) is 17.2 Å². The van der Waals surface area contributed by atoms with Crippen LogP contribution in [0.4, 0.5) is 11.6 Å². The molecule has 0 saturated heterocycles. The summed E-state index contributed by atoms with van der Waals surface area (Å²) in [7, 11) is 0. The number of hydrogen-bond donors (Lipinski definition) is 3. The van der Waals surface area contributed by atoms with Gasteiger partial charge >= 0.3 is 0 Å². The van der Waals surface area contributed by atoms with Crippen LogP contribution in [0.25, 0.3) is 11.0 Å². The zero-order valence-electron chi connectivity index (χ0n) is 15.2. The number of anilines is 2. The average molecular weight is 363 g/mol. The van der Waals surface area contributed by atoms with Crippen LogP contribution in [0, 0.1) is 5.92 Å². The Balaban J connectivity index is 1.54. The normalized spacial score (nSPS) is 16.3. The number of H-pyrrole nitrogens is 1. The number of fused-ring (bicyclic) bond motifs is 2. The van der Waals surface area contributed by atoms with Crippen LogP contribution in [0.2, 0.25) is 0 Å². The average Bonchev–Trinajstić information content (AvgIpc) is 3.05. The maximum Gasteiger partial charge on any atom is 0.258 e. The molecule has 1 aromatic heterocycles. The Kier molecular flexibility index (Phi) is 4.27. The van der Waals surface area contributed by atoms with E-state index in [-0.39, 0.29) is 30.4 Å². The van der Waals surface area contributed by atoms with Gasteiger partial charge in [-0.05, 0) is 30.2 Å². The first-order valence-corrected chi connectivity index (χ1v) is 8.94. The maximum atomic E-state index is 12.9. The number of aromatic nitrogens is 2. The number of rotatable bonds is 4. The van der Waals surface area contributed by atoms with E-state index in [9.17, 15) is 9.59 Å². The molecule has 3 aromatic rings. The van der Waals surface area contributed by atoms with Gasteiger partial charge in [-0.3, -0.25) is 14.9 Å². The van der Waals surface area contributed by atoms with Gasteiger partial charge in [0.15, 0.2) is 0 Å². The van der Waals surface area contributed by atoms with E-state index in [1.54, 1.807) is 11.0 Å². The lowest BCUT2D eigenvalue weighted by molar-refractivity contribution is -0.117. The van der Waals surface area contributed by atoms with Gasteiger partial charge in [0.05, 0.1) is 16.6 Å². The van der Waals surface area contributed by atoms with E-state index >= 15 is 0 Å². The Labute approximate surface area is 156 Å². The number of para-hydroxylation sites is 3. The van der Waals surface area contributed by atoms with E-state index in [4.69, 9.17) is 0 Å². The summed E-state index contributed by atoms with van der Waals surface area (Å²) in [6, 6.07) is 14.9. The largest absolute Gasteiger partial charge is 0.364 e. The number of carbonyl (C=O) groups is 2. The highest BCUT2D eigenvalue weighted by Gasteiger charge is 2.34. The molecule has 138 valence electrons. The van der Waals surface area contributed by atoms with Crippen molar-refractivity contribution in [2.24, 2.45) is 5.92 Å². The number of imidazole rings is 1. The third-order valence-electron chi connectivity index (χ3n) is 4.65. The molecule has 1 atom stereocenters. The fraction of sp³-hybridized carbons (Fsp3) is 0.250. The summed E-state index contributed by atoms with van der Waals surface area (Å²) < 4.78 is 0. The lowest BCUT2D eigenvalue weighted by Crippen LogP contribution is -2.53. The Hall–Kier alpha value is -3.35. The van der Waals surface area contributed by atoms with E-state index < -0.39 is 0 Å². The van der Waals surface area contributed by atoms with Crippen LogP contribution in [-0.2, 0) is 4.79 Å². The molecule has 7 heteroatoms. The van der Waals surface area contributed by atoms with Crippen LogP contribution in [0.15, 0.2) is 48.5 Å². The molecule has 0 unspecified atom stereocenters. The van der Waals surface area contributed by atoms with Gasteiger partial charge in [0.2, 0.25) is 11.9 Å². The second kappa shape index (κ2) is 6.75. The van der Waals surface area contributed by atoms with Gasteiger partial charge in [-0.25, -0.2) is 4.98 Å². The fourth-order valence-electron chi connectivity index (χ4n) is 3.35. The molecule has 1 aliphatic heterocycles. The number of aromatic amines is 1. The van der Waals surface area contributed by atoms with E-state index in [0.29, 0.717) is 11.5 Å². The maximum absolute atomic E-state index is 12.9. The van der Waals surface area contributed by atoms with E-state index in [1.807, 2.05) is 56.3 Å². The summed E-state index contributed by atoms with van der Waals surface area (Å²) in [6.45, 7) is 3.98. The summed E-state index contributed by atoms with van der Waals surface area (Å²) in [5.74, 6) is 0.0680. The van der Waals surface area contributed by atoms with Crippen molar-refractivity contribution in [1.29, 1.82) is 0 Å². The van der Waals surface area contributed by atoms with Gasteiger partial charge in [0.1, 0.15) is 12.7 Å². The standard InChI is InChI=1S/C20H21N5O2/c1-12(2)18-21-14-8-4-3-7-13(14)19(27)25(18)11-17(26)24-20-22-15-9-5-6-10-16(15)23-20/h3-10,12,18,21H,11H2,1-2H3,(H2,22,23,24,26)/t18-/m1/s1. The predicted molar refractivity (Wildman–Crippen MR) is 104 cm³/mol. The number of amides is 2.